The number of ketones is 1. The fourth-order valence-electron chi connectivity index (χ4n) is 1.77. The average molecular weight is 262 g/mol. The summed E-state index contributed by atoms with van der Waals surface area (Å²) in [5, 5.41) is 0. The first-order chi connectivity index (χ1) is 8.96. The molecule has 0 unspecified atom stereocenters. The maximum absolute atomic E-state index is 11.1. The summed E-state index contributed by atoms with van der Waals surface area (Å²) in [6.45, 7) is 10.4. The average Bonchev–Trinajstić information content (AvgIpc) is 2.29. The van der Waals surface area contributed by atoms with Gasteiger partial charge in [0.2, 0.25) is 0 Å². The van der Waals surface area contributed by atoms with E-state index in [-0.39, 0.29) is 5.78 Å². The van der Waals surface area contributed by atoms with Crippen molar-refractivity contribution in [3.8, 4) is 0 Å². The molecule has 0 heterocycles. The Labute approximate surface area is 117 Å². The first kappa shape index (κ1) is 17.6. The van der Waals surface area contributed by atoms with Gasteiger partial charge in [0, 0.05) is 7.11 Å². The van der Waals surface area contributed by atoms with Crippen molar-refractivity contribution in [3.05, 3.63) is 41.0 Å². The van der Waals surface area contributed by atoms with E-state index in [1.807, 2.05) is 19.1 Å². The van der Waals surface area contributed by atoms with E-state index in [2.05, 4.69) is 26.8 Å². The van der Waals surface area contributed by atoms with Crippen LogP contribution < -0.4 is 0 Å². The van der Waals surface area contributed by atoms with Crippen LogP contribution in [0.3, 0.4) is 0 Å². The summed E-state index contributed by atoms with van der Waals surface area (Å²) < 4.78 is 5.12. The molecule has 0 amide bonds. The van der Waals surface area contributed by atoms with Crippen LogP contribution in [0.1, 0.15) is 43.9 Å². The van der Waals surface area contributed by atoms with Crippen molar-refractivity contribution in [2.24, 2.45) is 0 Å². The molecule has 2 heteroatoms. The molecule has 0 spiro atoms. The van der Waals surface area contributed by atoms with Crippen molar-refractivity contribution < 1.29 is 9.53 Å². The largest absolute Gasteiger partial charge is 0.380 e. The zero-order chi connectivity index (χ0) is 14.8. The minimum Gasteiger partial charge on any atom is -0.380 e. The van der Waals surface area contributed by atoms with Gasteiger partial charge in [-0.15, -0.1) is 0 Å². The Morgan fingerprint density at radius 1 is 1.26 bits per heavy atom. The van der Waals surface area contributed by atoms with Gasteiger partial charge in [-0.3, -0.25) is 4.79 Å². The number of methoxy groups -OCH3 is 1. The molecule has 0 N–H and O–H groups in total. The lowest BCUT2D eigenvalue weighted by atomic mass is 9.98. The van der Waals surface area contributed by atoms with E-state index in [0.717, 1.165) is 11.1 Å². The van der Waals surface area contributed by atoms with Gasteiger partial charge >= 0.3 is 0 Å². The highest BCUT2D eigenvalue weighted by atomic mass is 16.5. The van der Waals surface area contributed by atoms with Crippen LogP contribution in [0.15, 0.2) is 24.3 Å². The zero-order valence-electron chi connectivity index (χ0n) is 13.0. The van der Waals surface area contributed by atoms with Crippen molar-refractivity contribution in [2.75, 3.05) is 13.7 Å². The highest BCUT2D eigenvalue weighted by Gasteiger charge is 2.06. The molecule has 0 bridgehead atoms. The van der Waals surface area contributed by atoms with Crippen LogP contribution in [0.25, 0.3) is 5.57 Å². The highest BCUT2D eigenvalue weighted by molar-refractivity contribution is 5.95. The van der Waals surface area contributed by atoms with Crippen LogP contribution in [-0.4, -0.2) is 19.5 Å². The molecule has 19 heavy (non-hydrogen) atoms. The van der Waals surface area contributed by atoms with Gasteiger partial charge in [0.1, 0.15) is 0 Å². The number of hydrogen-bond acceptors (Lipinski definition) is 2. The van der Waals surface area contributed by atoms with Crippen molar-refractivity contribution in [3.63, 3.8) is 0 Å². The third-order valence-corrected chi connectivity index (χ3v) is 2.41. The Morgan fingerprint density at radius 3 is 2.26 bits per heavy atom. The summed E-state index contributed by atoms with van der Waals surface area (Å²) in [7, 11) is 1.64. The molecule has 0 fully saturated rings. The quantitative estimate of drug-likeness (QED) is 0.755. The van der Waals surface area contributed by atoms with Gasteiger partial charge in [0.25, 0.3) is 0 Å². The molecular formula is C17H26O2. The van der Waals surface area contributed by atoms with Gasteiger partial charge in [-0.25, -0.2) is 0 Å². The van der Waals surface area contributed by atoms with Crippen molar-refractivity contribution in [1.29, 1.82) is 0 Å². The molecule has 0 aliphatic heterocycles. The Morgan fingerprint density at radius 2 is 1.84 bits per heavy atom. The van der Waals surface area contributed by atoms with Gasteiger partial charge in [0.15, 0.2) is 5.78 Å². The molecule has 0 radical (unpaired) electrons. The molecule has 0 aliphatic rings. The zero-order valence-corrected chi connectivity index (χ0v) is 13.0. The number of ether oxygens (including phenoxy) is 1. The SMILES string of the molecule is CCC.COC/C(=C/C(C)=O)c1ccc(C)cc1C. The lowest BCUT2D eigenvalue weighted by Gasteiger charge is -2.10. The number of aryl methyl sites for hydroxylation is 2. The number of allylic oxidation sites excluding steroid dienone is 1. The minimum atomic E-state index is 0.0482. The summed E-state index contributed by atoms with van der Waals surface area (Å²) in [4.78, 5) is 11.1. The molecule has 0 aliphatic carbocycles. The van der Waals surface area contributed by atoms with Gasteiger partial charge < -0.3 is 4.74 Å². The van der Waals surface area contributed by atoms with E-state index in [1.165, 1.54) is 17.5 Å². The van der Waals surface area contributed by atoms with Crippen LogP contribution in [0.4, 0.5) is 0 Å². The standard InChI is InChI=1S/C14H18O2.C3H8/c1-10-5-6-14(11(2)7-10)13(9-16-4)8-12(3)15;1-3-2/h5-8H,9H2,1-4H3;3H2,1-2H3/b13-8-;. The van der Waals surface area contributed by atoms with Crippen LogP contribution in [0, 0.1) is 13.8 Å². The Hall–Kier alpha value is -1.41. The van der Waals surface area contributed by atoms with E-state index in [9.17, 15) is 4.79 Å². The highest BCUT2D eigenvalue weighted by Crippen LogP contribution is 2.20. The second-order valence-corrected chi connectivity index (χ2v) is 4.74. The third-order valence-electron chi connectivity index (χ3n) is 2.41. The summed E-state index contributed by atoms with van der Waals surface area (Å²) in [6, 6.07) is 6.20. The van der Waals surface area contributed by atoms with Gasteiger partial charge in [-0.05, 0) is 43.5 Å². The molecule has 1 aromatic rings. The topological polar surface area (TPSA) is 26.3 Å². The molecule has 1 rings (SSSR count). The number of carbonyl (C=O) groups is 1. The maximum Gasteiger partial charge on any atom is 0.152 e. The summed E-state index contributed by atoms with van der Waals surface area (Å²) in [5.74, 6) is 0.0482. The molecule has 0 atom stereocenters. The van der Waals surface area contributed by atoms with Crippen molar-refractivity contribution in [1.82, 2.24) is 0 Å². The monoisotopic (exact) mass is 262 g/mol. The molecule has 0 saturated heterocycles. The second kappa shape index (κ2) is 9.51. The van der Waals surface area contributed by atoms with Crippen LogP contribution in [0.2, 0.25) is 0 Å². The number of benzene rings is 1. The van der Waals surface area contributed by atoms with E-state index in [4.69, 9.17) is 4.74 Å². The van der Waals surface area contributed by atoms with E-state index in [0.29, 0.717) is 6.61 Å². The van der Waals surface area contributed by atoms with Crippen LogP contribution >= 0.6 is 0 Å². The molecule has 2 nitrogen and oxygen atoms in total. The molecule has 106 valence electrons. The van der Waals surface area contributed by atoms with Gasteiger partial charge in [-0.1, -0.05) is 44.0 Å². The second-order valence-electron chi connectivity index (χ2n) is 4.74. The van der Waals surface area contributed by atoms with Crippen molar-refractivity contribution in [2.45, 2.75) is 41.0 Å². The van der Waals surface area contributed by atoms with Crippen LogP contribution in [-0.2, 0) is 9.53 Å². The first-order valence-electron chi connectivity index (χ1n) is 6.73. The van der Waals surface area contributed by atoms with E-state index < -0.39 is 0 Å². The van der Waals surface area contributed by atoms with Gasteiger partial charge in [0.05, 0.1) is 6.61 Å². The molecule has 0 saturated carbocycles. The van der Waals surface area contributed by atoms with Crippen LogP contribution in [0.5, 0.6) is 0 Å². The lowest BCUT2D eigenvalue weighted by Crippen LogP contribution is -1.99. The molecule has 1 aromatic carbocycles. The number of rotatable bonds is 4. The smallest absolute Gasteiger partial charge is 0.152 e. The fourth-order valence-corrected chi connectivity index (χ4v) is 1.77. The molecule has 0 aromatic heterocycles. The van der Waals surface area contributed by atoms with Gasteiger partial charge in [-0.2, -0.15) is 0 Å². The fraction of sp³-hybridized carbons (Fsp3) is 0.471. The summed E-state index contributed by atoms with van der Waals surface area (Å²) >= 11 is 0. The lowest BCUT2D eigenvalue weighted by molar-refractivity contribution is -0.112. The minimum absolute atomic E-state index is 0.0482. The first-order valence-corrected chi connectivity index (χ1v) is 6.73. The summed E-state index contributed by atoms with van der Waals surface area (Å²) in [5.41, 5.74) is 4.42. The predicted octanol–water partition coefficient (Wildman–Crippen LogP) is 4.34. The third kappa shape index (κ3) is 6.92. The Kier molecular flexibility index (Phi) is 8.81. The maximum atomic E-state index is 11.1. The van der Waals surface area contributed by atoms with Crippen molar-refractivity contribution >= 4 is 11.4 Å². The Balaban J connectivity index is 0.000000982. The molecular weight excluding hydrogens is 236 g/mol. The van der Waals surface area contributed by atoms with E-state index in [1.54, 1.807) is 20.1 Å². The normalized spacial score (nSPS) is 10.7. The number of hydrogen-bond donors (Lipinski definition) is 0. The number of carbonyl (C=O) groups excluding carboxylic acids is 1. The Bertz CT molecular complexity index is 431. The van der Waals surface area contributed by atoms with E-state index >= 15 is 0 Å². The predicted molar refractivity (Wildman–Crippen MR) is 82.4 cm³/mol. The summed E-state index contributed by atoms with van der Waals surface area (Å²) in [6.07, 6.45) is 2.89.